The van der Waals surface area contributed by atoms with Crippen molar-refractivity contribution in [1.29, 1.82) is 0 Å². The molecule has 0 aliphatic carbocycles. The van der Waals surface area contributed by atoms with Crippen molar-refractivity contribution in [3.63, 3.8) is 0 Å². The van der Waals surface area contributed by atoms with Crippen LogP contribution in [0.5, 0.6) is 0 Å². The molecule has 0 heterocycles. The van der Waals surface area contributed by atoms with Crippen LogP contribution >= 0.6 is 0 Å². The highest BCUT2D eigenvalue weighted by atomic mass is 14.6. The van der Waals surface area contributed by atoms with Crippen LogP contribution in [-0.2, 0) is 0 Å². The number of hydrogen-bond donors (Lipinski definition) is 2. The van der Waals surface area contributed by atoms with Gasteiger partial charge in [-0.25, -0.2) is 0 Å². The summed E-state index contributed by atoms with van der Waals surface area (Å²) >= 11 is 0. The molecule has 0 fully saturated rings. The third-order valence-electron chi connectivity index (χ3n) is 3.14. The van der Waals surface area contributed by atoms with Gasteiger partial charge in [0.15, 0.2) is 0 Å². The van der Waals surface area contributed by atoms with E-state index >= 15 is 0 Å². The number of benzene rings is 3. The van der Waals surface area contributed by atoms with Crippen LogP contribution in [0.3, 0.4) is 0 Å². The highest BCUT2D eigenvalue weighted by Crippen LogP contribution is 2.30. The maximum absolute atomic E-state index is 6.01. The number of hydrogen-bond acceptors (Lipinski definition) is 2. The maximum Gasteiger partial charge on any atom is 0.0395 e. The summed E-state index contributed by atoms with van der Waals surface area (Å²) in [5.41, 5.74) is 15.4. The number of rotatable bonds is 1. The molecule has 3 aromatic carbocycles. The van der Waals surface area contributed by atoms with Crippen LogP contribution in [0, 0.1) is 0 Å². The van der Waals surface area contributed by atoms with Gasteiger partial charge in [-0.1, -0.05) is 36.4 Å². The minimum Gasteiger partial charge on any atom is -0.399 e. The number of nitrogens with two attached hydrogens (primary N) is 2. The maximum atomic E-state index is 6.01. The van der Waals surface area contributed by atoms with Crippen molar-refractivity contribution in [2.45, 2.75) is 0 Å². The van der Waals surface area contributed by atoms with Crippen molar-refractivity contribution in [2.75, 3.05) is 11.5 Å². The van der Waals surface area contributed by atoms with Gasteiger partial charge in [-0.3, -0.25) is 0 Å². The van der Waals surface area contributed by atoms with E-state index in [2.05, 4.69) is 30.3 Å². The van der Waals surface area contributed by atoms with Crippen LogP contribution in [0.4, 0.5) is 11.4 Å². The lowest BCUT2D eigenvalue weighted by Gasteiger charge is -2.08. The summed E-state index contributed by atoms with van der Waals surface area (Å²) in [4.78, 5) is 0. The second kappa shape index (κ2) is 4.08. The fourth-order valence-corrected chi connectivity index (χ4v) is 2.18. The zero-order valence-electron chi connectivity index (χ0n) is 9.93. The Balaban J connectivity index is 2.22. The summed E-state index contributed by atoms with van der Waals surface area (Å²) in [6.07, 6.45) is 0. The first-order valence-electron chi connectivity index (χ1n) is 5.88. The average molecular weight is 234 g/mol. The Labute approximate surface area is 106 Å². The van der Waals surface area contributed by atoms with Crippen molar-refractivity contribution in [1.82, 2.24) is 0 Å². The van der Waals surface area contributed by atoms with Gasteiger partial charge < -0.3 is 11.5 Å². The van der Waals surface area contributed by atoms with E-state index in [4.69, 9.17) is 11.5 Å². The number of anilines is 2. The molecule has 0 amide bonds. The van der Waals surface area contributed by atoms with Gasteiger partial charge in [-0.15, -0.1) is 0 Å². The Morgan fingerprint density at radius 2 is 1.44 bits per heavy atom. The van der Waals surface area contributed by atoms with Gasteiger partial charge >= 0.3 is 0 Å². The van der Waals surface area contributed by atoms with Gasteiger partial charge in [-0.05, 0) is 40.6 Å². The summed E-state index contributed by atoms with van der Waals surface area (Å²) < 4.78 is 0. The minimum atomic E-state index is 0.729. The van der Waals surface area contributed by atoms with Gasteiger partial charge in [0.25, 0.3) is 0 Å². The summed E-state index contributed by atoms with van der Waals surface area (Å²) in [6.45, 7) is 0. The smallest absolute Gasteiger partial charge is 0.0395 e. The standard InChI is InChI=1S/C16H14N2/c17-14-7-8-16(18)15(10-14)13-6-5-11-3-1-2-4-12(11)9-13/h1-10H,17-18H2. The molecule has 2 heteroatoms. The molecule has 0 unspecified atom stereocenters. The van der Waals surface area contributed by atoms with Crippen LogP contribution in [0.25, 0.3) is 21.9 Å². The van der Waals surface area contributed by atoms with Crippen LogP contribution in [0.1, 0.15) is 0 Å². The molecule has 0 aromatic heterocycles. The monoisotopic (exact) mass is 234 g/mol. The van der Waals surface area contributed by atoms with E-state index in [9.17, 15) is 0 Å². The molecule has 4 N–H and O–H groups in total. The summed E-state index contributed by atoms with van der Waals surface area (Å²) in [5.74, 6) is 0. The Kier molecular flexibility index (Phi) is 2.41. The van der Waals surface area contributed by atoms with E-state index < -0.39 is 0 Å². The van der Waals surface area contributed by atoms with Crippen molar-refractivity contribution in [3.05, 3.63) is 60.7 Å². The van der Waals surface area contributed by atoms with Gasteiger partial charge in [0.05, 0.1) is 0 Å². The van der Waals surface area contributed by atoms with E-state index in [-0.39, 0.29) is 0 Å². The molecular weight excluding hydrogens is 220 g/mol. The average Bonchev–Trinajstić information content (AvgIpc) is 2.41. The summed E-state index contributed by atoms with van der Waals surface area (Å²) in [6, 6.07) is 20.2. The van der Waals surface area contributed by atoms with Gasteiger partial charge in [-0.2, -0.15) is 0 Å². The fraction of sp³-hybridized carbons (Fsp3) is 0. The summed E-state index contributed by atoms with van der Waals surface area (Å²) in [5, 5.41) is 2.43. The second-order valence-corrected chi connectivity index (χ2v) is 4.41. The first kappa shape index (κ1) is 10.7. The molecule has 2 nitrogen and oxygen atoms in total. The molecule has 0 saturated heterocycles. The van der Waals surface area contributed by atoms with Crippen molar-refractivity contribution in [3.8, 4) is 11.1 Å². The predicted octanol–water partition coefficient (Wildman–Crippen LogP) is 3.67. The van der Waals surface area contributed by atoms with Crippen LogP contribution < -0.4 is 11.5 Å². The van der Waals surface area contributed by atoms with Crippen molar-refractivity contribution >= 4 is 22.1 Å². The van der Waals surface area contributed by atoms with E-state index in [0.29, 0.717) is 0 Å². The highest BCUT2D eigenvalue weighted by Gasteiger charge is 2.04. The number of fused-ring (bicyclic) bond motifs is 1. The zero-order chi connectivity index (χ0) is 12.5. The largest absolute Gasteiger partial charge is 0.399 e. The van der Waals surface area contributed by atoms with Gasteiger partial charge in [0.2, 0.25) is 0 Å². The molecule has 3 rings (SSSR count). The minimum absolute atomic E-state index is 0.729. The van der Waals surface area contributed by atoms with E-state index in [0.717, 1.165) is 22.5 Å². The topological polar surface area (TPSA) is 52.0 Å². The Morgan fingerprint density at radius 3 is 2.28 bits per heavy atom. The highest BCUT2D eigenvalue weighted by molar-refractivity contribution is 5.90. The lowest BCUT2D eigenvalue weighted by molar-refractivity contribution is 1.62. The Morgan fingerprint density at radius 1 is 0.667 bits per heavy atom. The SMILES string of the molecule is Nc1ccc(N)c(-c2ccc3ccccc3c2)c1. The lowest BCUT2D eigenvalue weighted by atomic mass is 9.99. The molecule has 0 aliphatic heterocycles. The van der Waals surface area contributed by atoms with E-state index in [1.165, 1.54) is 10.8 Å². The predicted molar refractivity (Wildman–Crippen MR) is 78.2 cm³/mol. The third kappa shape index (κ3) is 1.78. The first-order chi connectivity index (χ1) is 8.74. The fourth-order valence-electron chi connectivity index (χ4n) is 2.18. The zero-order valence-corrected chi connectivity index (χ0v) is 9.93. The van der Waals surface area contributed by atoms with Gasteiger partial charge in [0, 0.05) is 16.9 Å². The second-order valence-electron chi connectivity index (χ2n) is 4.41. The normalized spacial score (nSPS) is 10.7. The molecular formula is C16H14N2. The first-order valence-corrected chi connectivity index (χ1v) is 5.88. The van der Waals surface area contributed by atoms with Crippen molar-refractivity contribution < 1.29 is 0 Å². The Hall–Kier alpha value is -2.48. The molecule has 0 atom stereocenters. The van der Waals surface area contributed by atoms with Crippen LogP contribution in [0.15, 0.2) is 60.7 Å². The molecule has 18 heavy (non-hydrogen) atoms. The van der Waals surface area contributed by atoms with Gasteiger partial charge in [0.1, 0.15) is 0 Å². The van der Waals surface area contributed by atoms with Crippen LogP contribution in [0.2, 0.25) is 0 Å². The van der Waals surface area contributed by atoms with E-state index in [1.54, 1.807) is 0 Å². The molecule has 0 saturated carbocycles. The molecule has 0 radical (unpaired) electrons. The summed E-state index contributed by atoms with van der Waals surface area (Å²) in [7, 11) is 0. The third-order valence-corrected chi connectivity index (χ3v) is 3.14. The molecule has 88 valence electrons. The van der Waals surface area contributed by atoms with Crippen molar-refractivity contribution in [2.24, 2.45) is 0 Å². The van der Waals surface area contributed by atoms with E-state index in [1.807, 2.05) is 30.3 Å². The number of nitrogen functional groups attached to an aromatic ring is 2. The van der Waals surface area contributed by atoms with Crippen LogP contribution in [-0.4, -0.2) is 0 Å². The molecule has 0 spiro atoms. The molecule has 0 bridgehead atoms. The molecule has 3 aromatic rings. The molecule has 0 aliphatic rings. The Bertz CT molecular complexity index is 717. The lowest BCUT2D eigenvalue weighted by Crippen LogP contribution is -1.92. The quantitative estimate of drug-likeness (QED) is 0.631.